The maximum absolute atomic E-state index is 12.1. The normalized spacial score (nSPS) is 11.0. The Morgan fingerprint density at radius 2 is 1.88 bits per heavy atom. The molecule has 0 aliphatic heterocycles. The second-order valence-corrected chi connectivity index (χ2v) is 4.87. The molecule has 0 radical (unpaired) electrons. The number of hydrazone groups is 1. The molecule has 1 amide bonds. The van der Waals surface area contributed by atoms with E-state index in [0.29, 0.717) is 29.2 Å². The first kappa shape index (κ1) is 17.1. The van der Waals surface area contributed by atoms with E-state index in [4.69, 9.17) is 4.74 Å². The fraction of sp³-hybridized carbons (Fsp3) is 0.176. The summed E-state index contributed by atoms with van der Waals surface area (Å²) in [6.07, 6.45) is 0. The van der Waals surface area contributed by atoms with Crippen LogP contribution in [0.2, 0.25) is 0 Å². The quantitative estimate of drug-likeness (QED) is 0.501. The van der Waals surface area contributed by atoms with E-state index >= 15 is 0 Å². The van der Waals surface area contributed by atoms with Gasteiger partial charge in [-0.1, -0.05) is 12.1 Å². The van der Waals surface area contributed by atoms with Gasteiger partial charge in [-0.25, -0.2) is 5.43 Å². The number of rotatable bonds is 6. The summed E-state index contributed by atoms with van der Waals surface area (Å²) in [5.41, 5.74) is 3.46. The summed E-state index contributed by atoms with van der Waals surface area (Å²) in [4.78, 5) is 22.6. The summed E-state index contributed by atoms with van der Waals surface area (Å²) in [5.74, 6) is 0.268. The predicted molar refractivity (Wildman–Crippen MR) is 90.4 cm³/mol. The summed E-state index contributed by atoms with van der Waals surface area (Å²) < 4.78 is 5.31. The summed E-state index contributed by atoms with van der Waals surface area (Å²) in [6, 6.07) is 12.9. The number of hydrogen-bond donors (Lipinski definition) is 1. The van der Waals surface area contributed by atoms with Gasteiger partial charge in [0.1, 0.15) is 5.75 Å². The molecular formula is C17H17N3O4. The van der Waals surface area contributed by atoms with E-state index in [0.717, 1.165) is 0 Å². The maximum atomic E-state index is 12.1. The van der Waals surface area contributed by atoms with Crippen LogP contribution < -0.4 is 10.2 Å². The second-order valence-electron chi connectivity index (χ2n) is 4.87. The van der Waals surface area contributed by atoms with Crippen LogP contribution in [0.15, 0.2) is 53.6 Å². The molecule has 0 aliphatic rings. The lowest BCUT2D eigenvalue weighted by molar-refractivity contribution is -0.385. The molecule has 0 aliphatic carbocycles. The zero-order chi connectivity index (χ0) is 17.5. The summed E-state index contributed by atoms with van der Waals surface area (Å²) in [6.45, 7) is 4.02. The molecule has 2 aromatic rings. The molecule has 7 nitrogen and oxygen atoms in total. The number of nitro benzene ring substituents is 1. The first-order valence-electron chi connectivity index (χ1n) is 7.34. The third kappa shape index (κ3) is 4.16. The SMILES string of the molecule is CCOc1ccc(C(=O)N/N=C(/C)c2ccccc2[N+](=O)[O-])cc1. The van der Waals surface area contributed by atoms with E-state index in [1.807, 2.05) is 6.92 Å². The van der Waals surface area contributed by atoms with Gasteiger partial charge in [0.05, 0.1) is 22.8 Å². The van der Waals surface area contributed by atoms with Crippen LogP contribution in [-0.2, 0) is 0 Å². The van der Waals surface area contributed by atoms with Crippen molar-refractivity contribution >= 4 is 17.3 Å². The minimum absolute atomic E-state index is 0.0610. The topological polar surface area (TPSA) is 93.8 Å². The number of ether oxygens (including phenoxy) is 1. The van der Waals surface area contributed by atoms with Crippen molar-refractivity contribution in [2.75, 3.05) is 6.61 Å². The van der Waals surface area contributed by atoms with Gasteiger partial charge in [0, 0.05) is 11.6 Å². The summed E-state index contributed by atoms with van der Waals surface area (Å²) in [5, 5.41) is 15.0. The molecule has 0 aromatic heterocycles. The zero-order valence-corrected chi connectivity index (χ0v) is 13.4. The average molecular weight is 327 g/mol. The van der Waals surface area contributed by atoms with Gasteiger partial charge in [-0.15, -0.1) is 0 Å². The van der Waals surface area contributed by atoms with Crippen molar-refractivity contribution in [2.24, 2.45) is 5.10 Å². The Morgan fingerprint density at radius 1 is 1.21 bits per heavy atom. The molecule has 0 heterocycles. The number of para-hydroxylation sites is 1. The van der Waals surface area contributed by atoms with Gasteiger partial charge >= 0.3 is 0 Å². The van der Waals surface area contributed by atoms with E-state index in [-0.39, 0.29) is 5.69 Å². The van der Waals surface area contributed by atoms with Crippen LogP contribution in [0.5, 0.6) is 5.75 Å². The molecule has 0 atom stereocenters. The van der Waals surface area contributed by atoms with E-state index in [1.54, 1.807) is 49.4 Å². The number of hydrogen-bond acceptors (Lipinski definition) is 5. The first-order chi connectivity index (χ1) is 11.5. The maximum Gasteiger partial charge on any atom is 0.278 e. The fourth-order valence-electron chi connectivity index (χ4n) is 2.07. The van der Waals surface area contributed by atoms with E-state index in [1.165, 1.54) is 6.07 Å². The lowest BCUT2D eigenvalue weighted by Crippen LogP contribution is -2.19. The fourth-order valence-corrected chi connectivity index (χ4v) is 2.07. The van der Waals surface area contributed by atoms with Gasteiger partial charge in [-0.05, 0) is 44.2 Å². The van der Waals surface area contributed by atoms with Crippen LogP contribution >= 0.6 is 0 Å². The molecule has 24 heavy (non-hydrogen) atoms. The summed E-state index contributed by atoms with van der Waals surface area (Å²) in [7, 11) is 0. The first-order valence-corrected chi connectivity index (χ1v) is 7.34. The molecule has 124 valence electrons. The number of carbonyl (C=O) groups is 1. The number of carbonyl (C=O) groups excluding carboxylic acids is 1. The van der Waals surface area contributed by atoms with Crippen molar-refractivity contribution in [2.45, 2.75) is 13.8 Å². The lowest BCUT2D eigenvalue weighted by Gasteiger charge is -2.05. The molecule has 2 aromatic carbocycles. The number of benzene rings is 2. The van der Waals surface area contributed by atoms with Crippen LogP contribution in [0, 0.1) is 10.1 Å². The number of nitrogens with one attached hydrogen (secondary N) is 1. The molecule has 0 unspecified atom stereocenters. The predicted octanol–water partition coefficient (Wildman–Crippen LogP) is 3.15. The Bertz CT molecular complexity index is 770. The largest absolute Gasteiger partial charge is 0.494 e. The van der Waals surface area contributed by atoms with Crippen LogP contribution in [-0.4, -0.2) is 23.1 Å². The molecule has 0 fully saturated rings. The van der Waals surface area contributed by atoms with Crippen LogP contribution in [0.4, 0.5) is 5.69 Å². The number of nitrogens with zero attached hydrogens (tertiary/aromatic N) is 2. The average Bonchev–Trinajstić information content (AvgIpc) is 2.60. The smallest absolute Gasteiger partial charge is 0.278 e. The van der Waals surface area contributed by atoms with Gasteiger partial charge in [0.25, 0.3) is 11.6 Å². The van der Waals surface area contributed by atoms with E-state index in [2.05, 4.69) is 10.5 Å². The minimum atomic E-state index is -0.484. The Morgan fingerprint density at radius 3 is 2.50 bits per heavy atom. The Balaban J connectivity index is 2.12. The van der Waals surface area contributed by atoms with Gasteiger partial charge < -0.3 is 4.74 Å². The molecule has 0 spiro atoms. The third-order valence-corrected chi connectivity index (χ3v) is 3.24. The standard InChI is InChI=1S/C17H17N3O4/c1-3-24-14-10-8-13(9-11-14)17(21)19-18-12(2)15-6-4-5-7-16(15)20(22)23/h4-11H,3H2,1-2H3,(H,19,21)/b18-12-. The van der Waals surface area contributed by atoms with E-state index < -0.39 is 10.8 Å². The number of amides is 1. The molecule has 7 heteroatoms. The van der Waals surface area contributed by atoms with Gasteiger partial charge in [0.15, 0.2) is 0 Å². The zero-order valence-electron chi connectivity index (χ0n) is 13.4. The van der Waals surface area contributed by atoms with Crippen molar-refractivity contribution in [1.29, 1.82) is 0 Å². The van der Waals surface area contributed by atoms with Crippen molar-refractivity contribution in [1.82, 2.24) is 5.43 Å². The van der Waals surface area contributed by atoms with Crippen LogP contribution in [0.3, 0.4) is 0 Å². The highest BCUT2D eigenvalue weighted by molar-refractivity contribution is 6.03. The second kappa shape index (κ2) is 7.87. The van der Waals surface area contributed by atoms with Gasteiger partial charge in [-0.2, -0.15) is 5.10 Å². The van der Waals surface area contributed by atoms with Gasteiger partial charge in [-0.3, -0.25) is 14.9 Å². The van der Waals surface area contributed by atoms with E-state index in [9.17, 15) is 14.9 Å². The molecular weight excluding hydrogens is 310 g/mol. The highest BCUT2D eigenvalue weighted by Crippen LogP contribution is 2.18. The third-order valence-electron chi connectivity index (χ3n) is 3.24. The Kier molecular flexibility index (Phi) is 5.62. The van der Waals surface area contributed by atoms with Crippen LogP contribution in [0.25, 0.3) is 0 Å². The number of nitro groups is 1. The molecule has 2 rings (SSSR count). The van der Waals surface area contributed by atoms with Crippen molar-refractivity contribution < 1.29 is 14.5 Å². The highest BCUT2D eigenvalue weighted by Gasteiger charge is 2.15. The minimum Gasteiger partial charge on any atom is -0.494 e. The van der Waals surface area contributed by atoms with Crippen molar-refractivity contribution in [3.63, 3.8) is 0 Å². The van der Waals surface area contributed by atoms with Crippen molar-refractivity contribution in [3.05, 3.63) is 69.8 Å². The molecule has 0 saturated carbocycles. The molecule has 0 bridgehead atoms. The lowest BCUT2D eigenvalue weighted by atomic mass is 10.1. The van der Waals surface area contributed by atoms with Crippen molar-refractivity contribution in [3.8, 4) is 5.75 Å². The van der Waals surface area contributed by atoms with Crippen LogP contribution in [0.1, 0.15) is 29.8 Å². The molecule has 1 N–H and O–H groups in total. The highest BCUT2D eigenvalue weighted by atomic mass is 16.6. The molecule has 0 saturated heterocycles. The Labute approximate surface area is 139 Å². The summed E-state index contributed by atoms with van der Waals surface area (Å²) >= 11 is 0. The Hall–Kier alpha value is -3.22. The van der Waals surface area contributed by atoms with Gasteiger partial charge in [0.2, 0.25) is 0 Å². The monoisotopic (exact) mass is 327 g/mol.